The molecule has 1 fully saturated rings. The number of aryl methyl sites for hydroxylation is 1. The van der Waals surface area contributed by atoms with Gasteiger partial charge < -0.3 is 10.6 Å². The predicted octanol–water partition coefficient (Wildman–Crippen LogP) is 1.58. The van der Waals surface area contributed by atoms with Gasteiger partial charge in [0.25, 0.3) is 0 Å². The summed E-state index contributed by atoms with van der Waals surface area (Å²) in [5.41, 5.74) is 7.15. The molecule has 0 spiro atoms. The zero-order valence-electron chi connectivity index (χ0n) is 11.7. The van der Waals surface area contributed by atoms with E-state index in [4.69, 9.17) is 5.73 Å². The van der Waals surface area contributed by atoms with E-state index in [0.29, 0.717) is 6.42 Å². The highest BCUT2D eigenvalue weighted by Crippen LogP contribution is 2.29. The molecule has 1 aliphatic rings. The summed E-state index contributed by atoms with van der Waals surface area (Å²) >= 11 is 0. The topological polar surface area (TPSA) is 72.1 Å². The Kier molecular flexibility index (Phi) is 4.47. The van der Waals surface area contributed by atoms with Crippen molar-refractivity contribution >= 4 is 5.91 Å². The summed E-state index contributed by atoms with van der Waals surface area (Å²) in [6.45, 7) is 4.67. The second-order valence-electron chi connectivity index (χ2n) is 5.12. The Hall–Kier alpha value is -1.49. The molecular formula is C14H22N4O. The molecule has 0 bridgehead atoms. The molecule has 5 nitrogen and oxygen atoms in total. The molecule has 5 heteroatoms. The van der Waals surface area contributed by atoms with E-state index in [9.17, 15) is 4.79 Å². The molecule has 0 aromatic carbocycles. The number of carbonyl (C=O) groups is 1. The van der Waals surface area contributed by atoms with E-state index in [1.54, 1.807) is 6.20 Å². The number of hydrogen-bond donors (Lipinski definition) is 1. The van der Waals surface area contributed by atoms with Crippen LogP contribution in [0.5, 0.6) is 0 Å². The molecule has 1 amide bonds. The van der Waals surface area contributed by atoms with Gasteiger partial charge in [0.1, 0.15) is 5.82 Å². The maximum atomic E-state index is 12.2. The van der Waals surface area contributed by atoms with E-state index in [0.717, 1.165) is 37.3 Å². The van der Waals surface area contributed by atoms with Crippen molar-refractivity contribution < 1.29 is 4.79 Å². The van der Waals surface area contributed by atoms with Gasteiger partial charge in [0.15, 0.2) is 0 Å². The van der Waals surface area contributed by atoms with Crippen LogP contribution in [-0.2, 0) is 4.79 Å². The Morgan fingerprint density at radius 2 is 2.32 bits per heavy atom. The van der Waals surface area contributed by atoms with Crippen LogP contribution in [0.3, 0.4) is 0 Å². The highest BCUT2D eigenvalue weighted by Gasteiger charge is 2.33. The summed E-state index contributed by atoms with van der Waals surface area (Å²) in [5.74, 6) is 0.911. The monoisotopic (exact) mass is 262 g/mol. The fraction of sp³-hybridized carbons (Fsp3) is 0.643. The van der Waals surface area contributed by atoms with Gasteiger partial charge in [-0.2, -0.15) is 0 Å². The van der Waals surface area contributed by atoms with Crippen LogP contribution in [0.4, 0.5) is 0 Å². The zero-order chi connectivity index (χ0) is 13.8. The Bertz CT molecular complexity index is 449. The van der Waals surface area contributed by atoms with Crippen LogP contribution in [0, 0.1) is 6.92 Å². The predicted molar refractivity (Wildman–Crippen MR) is 73.3 cm³/mol. The maximum absolute atomic E-state index is 12.2. The van der Waals surface area contributed by atoms with E-state index >= 15 is 0 Å². The number of nitrogens with two attached hydrogens (primary N) is 1. The van der Waals surface area contributed by atoms with E-state index in [2.05, 4.69) is 16.9 Å². The molecule has 19 heavy (non-hydrogen) atoms. The summed E-state index contributed by atoms with van der Waals surface area (Å²) in [6, 6.07) is 1.71. The number of rotatable bonds is 3. The fourth-order valence-corrected chi connectivity index (χ4v) is 2.70. The quantitative estimate of drug-likeness (QED) is 0.897. The van der Waals surface area contributed by atoms with Gasteiger partial charge in [0, 0.05) is 25.2 Å². The second kappa shape index (κ2) is 6.10. The summed E-state index contributed by atoms with van der Waals surface area (Å²) in [7, 11) is 0. The van der Waals surface area contributed by atoms with Crippen molar-refractivity contribution in [2.75, 3.05) is 6.54 Å². The van der Waals surface area contributed by atoms with Gasteiger partial charge in [-0.15, -0.1) is 0 Å². The first-order valence-electron chi connectivity index (χ1n) is 6.98. The van der Waals surface area contributed by atoms with Crippen molar-refractivity contribution in [2.24, 2.45) is 5.73 Å². The van der Waals surface area contributed by atoms with Crippen LogP contribution in [0.1, 0.15) is 50.2 Å². The molecule has 0 aliphatic carbocycles. The van der Waals surface area contributed by atoms with Gasteiger partial charge in [-0.3, -0.25) is 4.79 Å². The average Bonchev–Trinajstić information content (AvgIpc) is 2.50. The lowest BCUT2D eigenvalue weighted by Crippen LogP contribution is -2.43. The van der Waals surface area contributed by atoms with E-state index in [1.807, 2.05) is 17.9 Å². The van der Waals surface area contributed by atoms with Crippen molar-refractivity contribution in [3.8, 4) is 0 Å². The van der Waals surface area contributed by atoms with E-state index in [1.165, 1.54) is 0 Å². The standard InChI is InChI=1S/C14H22N4O/c1-3-9-18-13(19)6-4-5-11(15)14(18)12-7-8-16-10(2)17-12/h7-8,11,14H,3-6,9,15H2,1-2H3. The van der Waals surface area contributed by atoms with Crippen LogP contribution in [0.25, 0.3) is 0 Å². The number of hydrogen-bond acceptors (Lipinski definition) is 4. The summed E-state index contributed by atoms with van der Waals surface area (Å²) in [5, 5.41) is 0. The third-order valence-electron chi connectivity index (χ3n) is 3.55. The highest BCUT2D eigenvalue weighted by atomic mass is 16.2. The molecule has 1 aromatic rings. The summed E-state index contributed by atoms with van der Waals surface area (Å²) in [6.07, 6.45) is 4.98. The minimum atomic E-state index is -0.114. The molecule has 2 atom stereocenters. The summed E-state index contributed by atoms with van der Waals surface area (Å²) < 4.78 is 0. The van der Waals surface area contributed by atoms with Crippen molar-refractivity contribution in [2.45, 2.75) is 51.6 Å². The number of nitrogens with zero attached hydrogens (tertiary/aromatic N) is 3. The van der Waals surface area contributed by atoms with Crippen LogP contribution >= 0.6 is 0 Å². The van der Waals surface area contributed by atoms with E-state index in [-0.39, 0.29) is 18.0 Å². The van der Waals surface area contributed by atoms with Crippen LogP contribution in [0.15, 0.2) is 12.3 Å². The van der Waals surface area contributed by atoms with Crippen LogP contribution < -0.4 is 5.73 Å². The number of likely N-dealkylation sites (tertiary alicyclic amines) is 1. The van der Waals surface area contributed by atoms with Crippen molar-refractivity contribution in [1.82, 2.24) is 14.9 Å². The number of aromatic nitrogens is 2. The van der Waals surface area contributed by atoms with Crippen molar-refractivity contribution in [3.63, 3.8) is 0 Å². The number of carbonyl (C=O) groups excluding carboxylic acids is 1. The third kappa shape index (κ3) is 3.10. The molecule has 2 heterocycles. The van der Waals surface area contributed by atoms with Gasteiger partial charge in [0.05, 0.1) is 11.7 Å². The molecule has 2 unspecified atom stereocenters. The number of amides is 1. The lowest BCUT2D eigenvalue weighted by Gasteiger charge is -2.33. The molecule has 0 saturated carbocycles. The highest BCUT2D eigenvalue weighted by molar-refractivity contribution is 5.77. The average molecular weight is 262 g/mol. The molecule has 1 saturated heterocycles. The Balaban J connectivity index is 2.37. The molecule has 0 radical (unpaired) electrons. The van der Waals surface area contributed by atoms with Crippen molar-refractivity contribution in [3.05, 3.63) is 23.8 Å². The first kappa shape index (κ1) is 13.9. The van der Waals surface area contributed by atoms with E-state index < -0.39 is 0 Å². The molecule has 1 aliphatic heterocycles. The minimum Gasteiger partial charge on any atom is -0.333 e. The first-order chi connectivity index (χ1) is 9.13. The largest absolute Gasteiger partial charge is 0.333 e. The van der Waals surface area contributed by atoms with Crippen LogP contribution in [0.2, 0.25) is 0 Å². The maximum Gasteiger partial charge on any atom is 0.223 e. The molecule has 2 N–H and O–H groups in total. The van der Waals surface area contributed by atoms with Gasteiger partial charge in [-0.1, -0.05) is 6.92 Å². The SMILES string of the molecule is CCCN1C(=O)CCCC(N)C1c1ccnc(C)n1. The zero-order valence-corrected chi connectivity index (χ0v) is 11.7. The molecular weight excluding hydrogens is 240 g/mol. The Morgan fingerprint density at radius 1 is 1.53 bits per heavy atom. The second-order valence-corrected chi connectivity index (χ2v) is 5.12. The Morgan fingerprint density at radius 3 is 3.00 bits per heavy atom. The lowest BCUT2D eigenvalue weighted by atomic mass is 10.0. The normalized spacial score (nSPS) is 24.4. The minimum absolute atomic E-state index is 0.0488. The molecule has 2 rings (SSSR count). The fourth-order valence-electron chi connectivity index (χ4n) is 2.70. The first-order valence-corrected chi connectivity index (χ1v) is 6.98. The van der Waals surface area contributed by atoms with Gasteiger partial charge in [0.2, 0.25) is 5.91 Å². The molecule has 1 aromatic heterocycles. The van der Waals surface area contributed by atoms with Crippen molar-refractivity contribution in [1.29, 1.82) is 0 Å². The van der Waals surface area contributed by atoms with Gasteiger partial charge in [-0.05, 0) is 32.3 Å². The van der Waals surface area contributed by atoms with Gasteiger partial charge in [-0.25, -0.2) is 9.97 Å². The summed E-state index contributed by atoms with van der Waals surface area (Å²) in [4.78, 5) is 22.7. The third-order valence-corrected chi connectivity index (χ3v) is 3.55. The van der Waals surface area contributed by atoms with Crippen LogP contribution in [-0.4, -0.2) is 33.4 Å². The Labute approximate surface area is 114 Å². The smallest absolute Gasteiger partial charge is 0.223 e. The van der Waals surface area contributed by atoms with Gasteiger partial charge >= 0.3 is 0 Å². The molecule has 104 valence electrons. The lowest BCUT2D eigenvalue weighted by molar-refractivity contribution is -0.133.